The van der Waals surface area contributed by atoms with Crippen LogP contribution in [0.5, 0.6) is 0 Å². The van der Waals surface area contributed by atoms with Crippen LogP contribution in [-0.4, -0.2) is 28.2 Å². The lowest BCUT2D eigenvalue weighted by Crippen LogP contribution is -2.57. The Labute approximate surface area is 133 Å². The van der Waals surface area contributed by atoms with Crippen LogP contribution in [0, 0.1) is 34.5 Å². The molecule has 0 unspecified atom stereocenters. The Hall–Kier alpha value is -0.410. The fraction of sp³-hybridized carbons (Fsp3) is 0.947. The summed E-state index contributed by atoms with van der Waals surface area (Å²) >= 11 is 0. The van der Waals surface area contributed by atoms with E-state index in [-0.39, 0.29) is 29.0 Å². The number of carbonyl (C=O) groups is 1. The molecule has 4 aliphatic carbocycles. The second-order valence-electron chi connectivity index (χ2n) is 9.18. The Morgan fingerprint density at radius 1 is 0.955 bits per heavy atom. The number of rotatable bonds is 0. The summed E-state index contributed by atoms with van der Waals surface area (Å²) in [4.78, 5) is 13.0. The standard InChI is InChI=1S/C19H30O3/c1-18-7-5-12(20)9-11(18)10-15(21)17-13-3-4-16(22)19(13,2)8-6-14(17)18/h11-14,16-17,20,22H,3-10H2,1-2H3/t11-,12+,13+,14-,16+,17-,18+,19-/m1/s1. The highest BCUT2D eigenvalue weighted by Crippen LogP contribution is 2.65. The van der Waals surface area contributed by atoms with Gasteiger partial charge in [-0.2, -0.15) is 0 Å². The summed E-state index contributed by atoms with van der Waals surface area (Å²) in [7, 11) is 0. The van der Waals surface area contributed by atoms with Gasteiger partial charge in [-0.1, -0.05) is 13.8 Å². The number of fused-ring (bicyclic) bond motifs is 5. The molecule has 2 N–H and O–H groups in total. The average Bonchev–Trinajstić information content (AvgIpc) is 2.77. The molecule has 3 nitrogen and oxygen atoms in total. The van der Waals surface area contributed by atoms with E-state index < -0.39 is 0 Å². The third-order valence-electron chi connectivity index (χ3n) is 8.39. The number of carbonyl (C=O) groups excluding carboxylic acids is 1. The van der Waals surface area contributed by atoms with Crippen molar-refractivity contribution in [3.63, 3.8) is 0 Å². The van der Waals surface area contributed by atoms with Gasteiger partial charge in [0, 0.05) is 12.3 Å². The molecule has 0 radical (unpaired) electrons. The van der Waals surface area contributed by atoms with E-state index >= 15 is 0 Å². The van der Waals surface area contributed by atoms with E-state index in [1.54, 1.807) is 0 Å². The number of aliphatic hydroxyl groups excluding tert-OH is 2. The first kappa shape index (κ1) is 15.1. The maximum absolute atomic E-state index is 13.0. The lowest BCUT2D eigenvalue weighted by atomic mass is 9.45. The van der Waals surface area contributed by atoms with Gasteiger partial charge in [-0.25, -0.2) is 0 Å². The van der Waals surface area contributed by atoms with Crippen molar-refractivity contribution in [2.24, 2.45) is 34.5 Å². The number of hydrogen-bond donors (Lipinski definition) is 2. The summed E-state index contributed by atoms with van der Waals surface area (Å²) in [6, 6.07) is 0. The minimum Gasteiger partial charge on any atom is -0.393 e. The molecule has 4 saturated carbocycles. The highest BCUT2D eigenvalue weighted by atomic mass is 16.3. The average molecular weight is 306 g/mol. The molecule has 0 heterocycles. The zero-order valence-corrected chi connectivity index (χ0v) is 13.9. The molecule has 0 spiro atoms. The highest BCUT2D eigenvalue weighted by Gasteiger charge is 2.62. The van der Waals surface area contributed by atoms with Crippen molar-refractivity contribution in [2.45, 2.75) is 77.4 Å². The molecule has 4 aliphatic rings. The normalized spacial score (nSPS) is 57.9. The molecule has 8 atom stereocenters. The SMILES string of the molecule is C[C@]12CC[C@H](O)C[C@@H]1CC(=O)[C@H]1[C@H]2CC[C@@]2(C)[C@@H](O)CC[C@@H]12. The first-order chi connectivity index (χ1) is 10.4. The van der Waals surface area contributed by atoms with E-state index in [4.69, 9.17) is 0 Å². The van der Waals surface area contributed by atoms with Gasteiger partial charge in [0.1, 0.15) is 5.78 Å². The van der Waals surface area contributed by atoms with Crippen molar-refractivity contribution in [1.82, 2.24) is 0 Å². The minimum atomic E-state index is -0.218. The molecular formula is C19H30O3. The molecule has 0 bridgehead atoms. The lowest BCUT2D eigenvalue weighted by Gasteiger charge is -2.59. The van der Waals surface area contributed by atoms with Crippen molar-refractivity contribution in [2.75, 3.05) is 0 Å². The molecule has 3 heteroatoms. The van der Waals surface area contributed by atoms with Gasteiger partial charge >= 0.3 is 0 Å². The van der Waals surface area contributed by atoms with E-state index in [1.165, 1.54) is 0 Å². The number of Topliss-reactive ketones (excluding diaryl/α,β-unsaturated/α-hetero) is 1. The molecule has 124 valence electrons. The van der Waals surface area contributed by atoms with E-state index in [0.717, 1.165) is 44.9 Å². The van der Waals surface area contributed by atoms with Crippen molar-refractivity contribution in [3.8, 4) is 0 Å². The van der Waals surface area contributed by atoms with Crippen molar-refractivity contribution >= 4 is 5.78 Å². The van der Waals surface area contributed by atoms with Crippen LogP contribution in [0.15, 0.2) is 0 Å². The third kappa shape index (κ3) is 1.84. The Balaban J connectivity index is 1.69. The smallest absolute Gasteiger partial charge is 0.136 e. The Morgan fingerprint density at radius 3 is 2.41 bits per heavy atom. The third-order valence-corrected chi connectivity index (χ3v) is 8.39. The molecule has 0 aromatic rings. The molecule has 0 aliphatic heterocycles. The predicted molar refractivity (Wildman–Crippen MR) is 84.1 cm³/mol. The molecule has 22 heavy (non-hydrogen) atoms. The Morgan fingerprint density at radius 2 is 1.64 bits per heavy atom. The van der Waals surface area contributed by atoms with Gasteiger partial charge in [-0.15, -0.1) is 0 Å². The summed E-state index contributed by atoms with van der Waals surface area (Å²) in [5.74, 6) is 1.85. The van der Waals surface area contributed by atoms with E-state index in [2.05, 4.69) is 13.8 Å². The van der Waals surface area contributed by atoms with Gasteiger partial charge in [0.2, 0.25) is 0 Å². The summed E-state index contributed by atoms with van der Waals surface area (Å²) in [6.45, 7) is 4.61. The highest BCUT2D eigenvalue weighted by molar-refractivity contribution is 5.83. The Kier molecular flexibility index (Phi) is 3.30. The topological polar surface area (TPSA) is 57.5 Å². The van der Waals surface area contributed by atoms with E-state index in [0.29, 0.717) is 30.0 Å². The second-order valence-corrected chi connectivity index (χ2v) is 9.18. The van der Waals surface area contributed by atoms with Crippen LogP contribution < -0.4 is 0 Å². The number of hydrogen-bond acceptors (Lipinski definition) is 3. The van der Waals surface area contributed by atoms with Crippen LogP contribution in [-0.2, 0) is 4.79 Å². The molecule has 4 fully saturated rings. The summed E-state index contributed by atoms with van der Waals surface area (Å²) in [6.07, 6.45) is 7.07. The number of ketones is 1. The maximum atomic E-state index is 13.0. The fourth-order valence-corrected chi connectivity index (χ4v) is 6.88. The summed E-state index contributed by atoms with van der Waals surface area (Å²) in [5.41, 5.74) is 0.195. The molecule has 4 rings (SSSR count). The summed E-state index contributed by atoms with van der Waals surface area (Å²) in [5, 5.41) is 20.5. The van der Waals surface area contributed by atoms with Crippen LogP contribution in [0.1, 0.15) is 65.2 Å². The van der Waals surface area contributed by atoms with Crippen molar-refractivity contribution < 1.29 is 15.0 Å². The zero-order chi connectivity index (χ0) is 15.7. The maximum Gasteiger partial charge on any atom is 0.136 e. The molecule has 0 aromatic heterocycles. The van der Waals surface area contributed by atoms with Crippen LogP contribution >= 0.6 is 0 Å². The van der Waals surface area contributed by atoms with E-state index in [1.807, 2.05) is 0 Å². The van der Waals surface area contributed by atoms with Crippen LogP contribution in [0.3, 0.4) is 0 Å². The van der Waals surface area contributed by atoms with Gasteiger partial charge in [-0.3, -0.25) is 4.79 Å². The van der Waals surface area contributed by atoms with Crippen molar-refractivity contribution in [3.05, 3.63) is 0 Å². The number of aliphatic hydroxyl groups is 2. The molecule has 0 saturated heterocycles. The first-order valence-electron chi connectivity index (χ1n) is 9.25. The predicted octanol–water partition coefficient (Wildman–Crippen LogP) is 2.93. The second kappa shape index (κ2) is 4.80. The molecule has 0 aromatic carbocycles. The van der Waals surface area contributed by atoms with Crippen LogP contribution in [0.25, 0.3) is 0 Å². The minimum absolute atomic E-state index is 0.0335. The Bertz CT molecular complexity index is 489. The fourth-order valence-electron chi connectivity index (χ4n) is 6.88. The van der Waals surface area contributed by atoms with Crippen LogP contribution in [0.2, 0.25) is 0 Å². The van der Waals surface area contributed by atoms with Crippen LogP contribution in [0.4, 0.5) is 0 Å². The molecule has 0 amide bonds. The first-order valence-corrected chi connectivity index (χ1v) is 9.25. The van der Waals surface area contributed by atoms with Crippen molar-refractivity contribution in [1.29, 1.82) is 0 Å². The largest absolute Gasteiger partial charge is 0.393 e. The van der Waals surface area contributed by atoms with Gasteiger partial charge in [-0.05, 0) is 73.5 Å². The summed E-state index contributed by atoms with van der Waals surface area (Å²) < 4.78 is 0. The monoisotopic (exact) mass is 306 g/mol. The zero-order valence-electron chi connectivity index (χ0n) is 13.9. The van der Waals surface area contributed by atoms with Gasteiger partial charge in [0.05, 0.1) is 12.2 Å². The van der Waals surface area contributed by atoms with Gasteiger partial charge < -0.3 is 10.2 Å². The van der Waals surface area contributed by atoms with Gasteiger partial charge in [0.25, 0.3) is 0 Å². The van der Waals surface area contributed by atoms with E-state index in [9.17, 15) is 15.0 Å². The quantitative estimate of drug-likeness (QED) is 0.723. The molecular weight excluding hydrogens is 276 g/mol. The lowest BCUT2D eigenvalue weighted by molar-refractivity contribution is -0.162. The van der Waals surface area contributed by atoms with Gasteiger partial charge in [0.15, 0.2) is 0 Å².